The van der Waals surface area contributed by atoms with Gasteiger partial charge in [0, 0.05) is 18.8 Å². The maximum Gasteiger partial charge on any atom is 0.319 e. The van der Waals surface area contributed by atoms with Gasteiger partial charge in [0.2, 0.25) is 11.5 Å². The number of nitrogens with one attached hydrogen (secondary N) is 3. The Kier molecular flexibility index (Phi) is 5.50. The molecule has 1 aromatic heterocycles. The van der Waals surface area contributed by atoms with Crippen molar-refractivity contribution in [2.75, 3.05) is 24.1 Å². The average Bonchev–Trinajstić information content (AvgIpc) is 2.98. The van der Waals surface area contributed by atoms with Crippen LogP contribution in [0.1, 0.15) is 23.0 Å². The number of amides is 3. The van der Waals surface area contributed by atoms with Gasteiger partial charge < -0.3 is 21.7 Å². The third kappa shape index (κ3) is 4.70. The normalized spacial score (nSPS) is 10.1. The Balaban J connectivity index is 1.68. The molecule has 122 valence electrons. The Morgan fingerprint density at radius 1 is 1.13 bits per heavy atom. The zero-order valence-corrected chi connectivity index (χ0v) is 12.6. The highest BCUT2D eigenvalue weighted by Crippen LogP contribution is 2.09. The van der Waals surface area contributed by atoms with E-state index < -0.39 is 5.91 Å². The van der Waals surface area contributed by atoms with Crippen LogP contribution in [0.3, 0.4) is 0 Å². The van der Waals surface area contributed by atoms with Crippen molar-refractivity contribution < 1.29 is 14.2 Å². The maximum absolute atomic E-state index is 11.7. The van der Waals surface area contributed by atoms with Crippen LogP contribution < -0.4 is 21.7 Å². The first-order valence-electron chi connectivity index (χ1n) is 7.10. The lowest BCUT2D eigenvalue weighted by Crippen LogP contribution is -2.37. The van der Waals surface area contributed by atoms with Gasteiger partial charge >= 0.3 is 6.03 Å². The summed E-state index contributed by atoms with van der Waals surface area (Å²) >= 11 is 0. The lowest BCUT2D eigenvalue weighted by Gasteiger charge is -2.08. The lowest BCUT2D eigenvalue weighted by molar-refractivity contribution is 0.0944. The van der Waals surface area contributed by atoms with Crippen LogP contribution in [0, 0.1) is 0 Å². The van der Waals surface area contributed by atoms with Gasteiger partial charge in [-0.3, -0.25) is 4.79 Å². The molecule has 0 spiro atoms. The first-order chi connectivity index (χ1) is 11.1. The molecular weight excluding hydrogens is 300 g/mol. The molecule has 9 heteroatoms. The van der Waals surface area contributed by atoms with Crippen LogP contribution in [-0.2, 0) is 6.42 Å². The molecule has 0 aliphatic heterocycles. The van der Waals surface area contributed by atoms with Crippen molar-refractivity contribution in [3.63, 3.8) is 0 Å². The number of carbonyl (C=O) groups excluding carboxylic acids is 2. The van der Waals surface area contributed by atoms with E-state index >= 15 is 0 Å². The summed E-state index contributed by atoms with van der Waals surface area (Å²) < 4.78 is 4.33. The average molecular weight is 318 g/mol. The number of nitrogens with zero attached hydrogens (tertiary/aromatic N) is 2. The van der Waals surface area contributed by atoms with Gasteiger partial charge in [-0.05, 0) is 34.4 Å². The molecule has 23 heavy (non-hydrogen) atoms. The smallest absolute Gasteiger partial charge is 0.319 e. The number of nitrogens with two attached hydrogens (primary N) is 1. The molecule has 0 saturated heterocycles. The predicted octanol–water partition coefficient (Wildman–Crippen LogP) is 0.766. The van der Waals surface area contributed by atoms with E-state index in [2.05, 4.69) is 37.8 Å². The highest BCUT2D eigenvalue weighted by molar-refractivity contribution is 5.96. The number of aromatic nitrogens is 2. The lowest BCUT2D eigenvalue weighted by atomic mass is 10.1. The molecule has 0 bridgehead atoms. The summed E-state index contributed by atoms with van der Waals surface area (Å²) in [5.41, 5.74) is 7.21. The molecule has 0 saturated carbocycles. The molecule has 0 aliphatic carbocycles. The third-order valence-electron chi connectivity index (χ3n) is 3.05. The second-order valence-electron chi connectivity index (χ2n) is 4.69. The second kappa shape index (κ2) is 7.78. The molecular formula is C14H18N6O3. The minimum atomic E-state index is -0.513. The van der Waals surface area contributed by atoms with Crippen molar-refractivity contribution in [3.8, 4) is 0 Å². The number of hydrogen-bond donors (Lipinski definition) is 4. The van der Waals surface area contributed by atoms with Crippen LogP contribution in [0.5, 0.6) is 0 Å². The second-order valence-corrected chi connectivity index (χ2v) is 4.69. The summed E-state index contributed by atoms with van der Waals surface area (Å²) in [5, 5.41) is 14.5. The van der Waals surface area contributed by atoms with Crippen molar-refractivity contribution in [2.45, 2.75) is 13.3 Å². The predicted molar refractivity (Wildman–Crippen MR) is 83.9 cm³/mol. The van der Waals surface area contributed by atoms with Gasteiger partial charge in [0.1, 0.15) is 0 Å². The summed E-state index contributed by atoms with van der Waals surface area (Å²) in [6.45, 7) is 2.52. The minimum absolute atomic E-state index is 0.0783. The first-order valence-corrected chi connectivity index (χ1v) is 7.10. The van der Waals surface area contributed by atoms with Gasteiger partial charge in [-0.1, -0.05) is 19.1 Å². The van der Waals surface area contributed by atoms with Crippen LogP contribution in [-0.4, -0.2) is 35.3 Å². The van der Waals surface area contributed by atoms with Crippen LogP contribution in [0.4, 0.5) is 16.3 Å². The Labute approximate surface area is 132 Å². The van der Waals surface area contributed by atoms with E-state index in [-0.39, 0.29) is 30.6 Å². The standard InChI is InChI=1S/C14H18N6O3/c1-2-9-3-5-10(6-4-9)18-14(22)17-8-7-16-13(21)11-12(15)20-23-19-11/h3-6H,2,7-8H2,1H3,(H2,15,20)(H,16,21)(H2,17,18,22). The number of nitrogen functional groups attached to an aromatic ring is 1. The van der Waals surface area contributed by atoms with Crippen LogP contribution >= 0.6 is 0 Å². The van der Waals surface area contributed by atoms with Crippen molar-refractivity contribution in [1.82, 2.24) is 20.9 Å². The first kappa shape index (κ1) is 16.3. The number of carbonyl (C=O) groups is 2. The number of rotatable bonds is 6. The van der Waals surface area contributed by atoms with E-state index in [1.165, 1.54) is 5.56 Å². The molecule has 0 fully saturated rings. The van der Waals surface area contributed by atoms with Crippen molar-refractivity contribution >= 4 is 23.4 Å². The summed E-state index contributed by atoms with van der Waals surface area (Å²) in [5.74, 6) is -0.593. The topological polar surface area (TPSA) is 135 Å². The van der Waals surface area contributed by atoms with Gasteiger partial charge in [-0.2, -0.15) is 0 Å². The zero-order valence-electron chi connectivity index (χ0n) is 12.6. The molecule has 0 radical (unpaired) electrons. The molecule has 5 N–H and O–H groups in total. The van der Waals surface area contributed by atoms with E-state index in [0.717, 1.165) is 6.42 Å². The fourth-order valence-electron chi connectivity index (χ4n) is 1.79. The number of hydrogen-bond acceptors (Lipinski definition) is 6. The highest BCUT2D eigenvalue weighted by atomic mass is 16.6. The minimum Gasteiger partial charge on any atom is -0.379 e. The number of benzene rings is 1. The largest absolute Gasteiger partial charge is 0.379 e. The molecule has 1 aromatic carbocycles. The van der Waals surface area contributed by atoms with Crippen LogP contribution in [0.25, 0.3) is 0 Å². The Morgan fingerprint density at radius 3 is 2.43 bits per heavy atom. The van der Waals surface area contributed by atoms with Crippen molar-refractivity contribution in [3.05, 3.63) is 35.5 Å². The number of aryl methyl sites for hydroxylation is 1. The van der Waals surface area contributed by atoms with E-state index in [1.54, 1.807) is 0 Å². The fraction of sp³-hybridized carbons (Fsp3) is 0.286. The fourth-order valence-corrected chi connectivity index (χ4v) is 1.79. The third-order valence-corrected chi connectivity index (χ3v) is 3.05. The zero-order chi connectivity index (χ0) is 16.7. The van der Waals surface area contributed by atoms with Gasteiger partial charge in [0.25, 0.3) is 5.91 Å². The van der Waals surface area contributed by atoms with Crippen LogP contribution in [0.2, 0.25) is 0 Å². The van der Waals surface area contributed by atoms with Crippen LogP contribution in [0.15, 0.2) is 28.9 Å². The molecule has 0 atom stereocenters. The Bertz CT molecular complexity index is 667. The summed E-state index contributed by atoms with van der Waals surface area (Å²) in [6.07, 6.45) is 0.942. The van der Waals surface area contributed by atoms with Crippen molar-refractivity contribution in [1.29, 1.82) is 0 Å². The SMILES string of the molecule is CCc1ccc(NC(=O)NCCNC(=O)c2nonc2N)cc1. The quantitative estimate of drug-likeness (QED) is 0.581. The van der Waals surface area contributed by atoms with E-state index in [9.17, 15) is 9.59 Å². The summed E-state index contributed by atoms with van der Waals surface area (Å²) in [4.78, 5) is 23.3. The monoisotopic (exact) mass is 318 g/mol. The highest BCUT2D eigenvalue weighted by Gasteiger charge is 2.15. The van der Waals surface area contributed by atoms with Gasteiger partial charge in [-0.15, -0.1) is 0 Å². The summed E-state index contributed by atoms with van der Waals surface area (Å²) in [7, 11) is 0. The van der Waals surface area contributed by atoms with Gasteiger partial charge in [-0.25, -0.2) is 9.42 Å². The molecule has 0 aliphatic rings. The maximum atomic E-state index is 11.7. The van der Waals surface area contributed by atoms with Crippen molar-refractivity contribution in [2.24, 2.45) is 0 Å². The Hall–Kier alpha value is -3.10. The molecule has 2 aromatic rings. The van der Waals surface area contributed by atoms with Gasteiger partial charge in [0.05, 0.1) is 0 Å². The van der Waals surface area contributed by atoms with E-state index in [1.807, 2.05) is 24.3 Å². The molecule has 1 heterocycles. The molecule has 3 amide bonds. The number of anilines is 2. The summed E-state index contributed by atoms with van der Waals surface area (Å²) in [6, 6.07) is 7.21. The molecule has 9 nitrogen and oxygen atoms in total. The Morgan fingerprint density at radius 2 is 1.83 bits per heavy atom. The van der Waals surface area contributed by atoms with E-state index in [0.29, 0.717) is 5.69 Å². The molecule has 0 unspecified atom stereocenters. The number of urea groups is 1. The van der Waals surface area contributed by atoms with E-state index in [4.69, 9.17) is 5.73 Å². The van der Waals surface area contributed by atoms with Gasteiger partial charge in [0.15, 0.2) is 0 Å². The molecule has 2 rings (SSSR count).